The van der Waals surface area contributed by atoms with Crippen LogP contribution >= 0.6 is 11.3 Å². The summed E-state index contributed by atoms with van der Waals surface area (Å²) in [6, 6.07) is 17.6. The number of likely N-dealkylation sites (tertiary alicyclic amines) is 2. The van der Waals surface area contributed by atoms with E-state index in [4.69, 9.17) is 0 Å². The number of benzene rings is 1. The predicted molar refractivity (Wildman–Crippen MR) is 181 cm³/mol. The maximum atomic E-state index is 14.1. The molecule has 0 aliphatic carbocycles. The summed E-state index contributed by atoms with van der Waals surface area (Å²) in [5, 5.41) is 14.0. The molecule has 0 saturated carbocycles. The van der Waals surface area contributed by atoms with Gasteiger partial charge in [0, 0.05) is 73.6 Å². The maximum absolute atomic E-state index is 14.1. The molecule has 2 saturated heterocycles. The van der Waals surface area contributed by atoms with E-state index in [0.717, 1.165) is 21.7 Å². The smallest absolute Gasteiger partial charge is 0.262 e. The van der Waals surface area contributed by atoms with E-state index in [1.807, 2.05) is 83.9 Å². The molecular weight excluding hydrogens is 613 g/mol. The number of aliphatic hydroxyl groups is 1. The molecule has 242 valence electrons. The van der Waals surface area contributed by atoms with E-state index in [2.05, 4.69) is 9.97 Å². The van der Waals surface area contributed by atoms with Crippen molar-refractivity contribution < 1.29 is 14.7 Å². The quantitative estimate of drug-likeness (QED) is 0.290. The number of thiophene rings is 1. The van der Waals surface area contributed by atoms with E-state index in [1.165, 1.54) is 22.2 Å². The first kappa shape index (κ1) is 31.0. The van der Waals surface area contributed by atoms with Crippen LogP contribution in [0.5, 0.6) is 0 Å². The number of fused-ring (bicyclic) bond motifs is 1. The molecule has 0 radical (unpaired) electrons. The van der Waals surface area contributed by atoms with E-state index < -0.39 is 5.60 Å². The number of amides is 2. The van der Waals surface area contributed by atoms with Crippen LogP contribution in [0, 0.1) is 12.8 Å². The first-order valence-corrected chi connectivity index (χ1v) is 17.0. The van der Waals surface area contributed by atoms with Gasteiger partial charge in [-0.15, -0.1) is 11.3 Å². The second kappa shape index (κ2) is 12.5. The predicted octanol–water partition coefficient (Wildman–Crippen LogP) is 4.47. The molecule has 6 heterocycles. The lowest BCUT2D eigenvalue weighted by Crippen LogP contribution is -2.53. The highest BCUT2D eigenvalue weighted by Crippen LogP contribution is 2.37. The molecule has 0 spiro atoms. The van der Waals surface area contributed by atoms with E-state index in [1.54, 1.807) is 16.8 Å². The third kappa shape index (κ3) is 6.01. The molecule has 5 aromatic rings. The zero-order chi connectivity index (χ0) is 32.7. The molecule has 11 heteroatoms. The number of hydrogen-bond donors (Lipinski definition) is 1. The summed E-state index contributed by atoms with van der Waals surface area (Å²) in [6.07, 6.45) is 6.38. The molecule has 10 nitrogen and oxygen atoms in total. The number of carbonyl (C=O) groups excluding carboxylic acids is 2. The fourth-order valence-electron chi connectivity index (χ4n) is 7.09. The van der Waals surface area contributed by atoms with Crippen LogP contribution in [0.2, 0.25) is 0 Å². The van der Waals surface area contributed by atoms with Gasteiger partial charge >= 0.3 is 0 Å². The summed E-state index contributed by atoms with van der Waals surface area (Å²) in [7, 11) is 1.84. The van der Waals surface area contributed by atoms with Gasteiger partial charge in [-0.05, 0) is 55.3 Å². The van der Waals surface area contributed by atoms with Gasteiger partial charge in [0.2, 0.25) is 5.91 Å². The average Bonchev–Trinajstić information content (AvgIpc) is 3.74. The average molecular weight is 651 g/mol. The lowest BCUT2D eigenvalue weighted by molar-refractivity contribution is -0.142. The summed E-state index contributed by atoms with van der Waals surface area (Å²) in [6.45, 7) is 3.78. The number of pyridine rings is 1. The van der Waals surface area contributed by atoms with Crippen LogP contribution in [0.4, 0.5) is 0 Å². The Hall–Kier alpha value is -4.61. The molecule has 2 aliphatic rings. The molecule has 1 N–H and O–H groups in total. The molecule has 0 bridgehead atoms. The van der Waals surface area contributed by atoms with Crippen molar-refractivity contribution in [1.82, 2.24) is 28.9 Å². The fourth-order valence-corrected chi connectivity index (χ4v) is 7.97. The number of hydrogen-bond acceptors (Lipinski definition) is 7. The molecule has 2 fully saturated rings. The Labute approximate surface area is 276 Å². The van der Waals surface area contributed by atoms with Gasteiger partial charge < -0.3 is 19.5 Å². The molecular formula is C36H38N6O4S. The van der Waals surface area contributed by atoms with Crippen molar-refractivity contribution in [3.63, 3.8) is 0 Å². The molecule has 2 aliphatic heterocycles. The van der Waals surface area contributed by atoms with E-state index >= 15 is 0 Å². The van der Waals surface area contributed by atoms with Crippen molar-refractivity contribution in [3.05, 3.63) is 106 Å². The standard InChI is InChI=1S/C36H38N6O4S/c1-24-8-9-26(20-37-24)31-28(12-19-47-31)34(44)41-16-11-27(30(21-41)25-6-4-3-5-7-25)33(43)40-17-13-36(46,14-18-40)22-42-23-38-32-29(35(42)45)10-15-39(32)2/h3-10,12,15,19-20,23,27,30,46H,11,13-14,16-18,21-22H2,1-2H3/t27-,30+/m1/s1. The fraction of sp³-hybridized carbons (Fsp3) is 0.361. The van der Waals surface area contributed by atoms with Gasteiger partial charge in [-0.1, -0.05) is 36.4 Å². The summed E-state index contributed by atoms with van der Waals surface area (Å²) < 4.78 is 3.28. The summed E-state index contributed by atoms with van der Waals surface area (Å²) in [4.78, 5) is 54.7. The van der Waals surface area contributed by atoms with Gasteiger partial charge in [-0.2, -0.15) is 0 Å². The Bertz CT molecular complexity index is 1970. The van der Waals surface area contributed by atoms with Crippen LogP contribution in [0.3, 0.4) is 0 Å². The van der Waals surface area contributed by atoms with Crippen molar-refractivity contribution in [2.45, 2.75) is 44.2 Å². The van der Waals surface area contributed by atoms with Gasteiger partial charge in [0.1, 0.15) is 12.0 Å². The van der Waals surface area contributed by atoms with Gasteiger partial charge in [-0.3, -0.25) is 23.9 Å². The lowest BCUT2D eigenvalue weighted by Gasteiger charge is -2.43. The zero-order valence-electron chi connectivity index (χ0n) is 26.6. The normalized spacial score (nSPS) is 19.6. The van der Waals surface area contributed by atoms with Crippen molar-refractivity contribution in [1.29, 1.82) is 0 Å². The molecule has 2 atom stereocenters. The Morgan fingerprint density at radius 3 is 2.53 bits per heavy atom. The number of nitrogens with zero attached hydrogens (tertiary/aromatic N) is 6. The van der Waals surface area contributed by atoms with Crippen molar-refractivity contribution in [2.24, 2.45) is 13.0 Å². The Kier molecular flexibility index (Phi) is 8.27. The molecule has 4 aromatic heterocycles. The van der Waals surface area contributed by atoms with Gasteiger partial charge in [0.05, 0.1) is 23.1 Å². The number of aryl methyl sites for hydroxylation is 2. The van der Waals surface area contributed by atoms with E-state index in [9.17, 15) is 19.5 Å². The number of rotatable bonds is 6. The minimum absolute atomic E-state index is 0.0323. The Morgan fingerprint density at radius 2 is 1.79 bits per heavy atom. The van der Waals surface area contributed by atoms with Gasteiger partial charge in [0.25, 0.3) is 11.5 Å². The van der Waals surface area contributed by atoms with Crippen molar-refractivity contribution in [2.75, 3.05) is 26.2 Å². The number of aromatic nitrogens is 4. The largest absolute Gasteiger partial charge is 0.388 e. The van der Waals surface area contributed by atoms with Gasteiger partial charge in [-0.25, -0.2) is 4.98 Å². The van der Waals surface area contributed by atoms with Crippen molar-refractivity contribution in [3.8, 4) is 10.4 Å². The molecule has 47 heavy (non-hydrogen) atoms. The van der Waals surface area contributed by atoms with Crippen LogP contribution in [0.25, 0.3) is 21.5 Å². The van der Waals surface area contributed by atoms with Crippen LogP contribution in [0.15, 0.2) is 83.5 Å². The third-order valence-corrected chi connectivity index (χ3v) is 10.8. The summed E-state index contributed by atoms with van der Waals surface area (Å²) in [5.74, 6) is -0.426. The van der Waals surface area contributed by atoms with Crippen LogP contribution in [-0.4, -0.2) is 77.6 Å². The summed E-state index contributed by atoms with van der Waals surface area (Å²) >= 11 is 1.53. The SMILES string of the molecule is Cc1ccc(-c2sccc2C(=O)N2CC[C@@H](C(=O)N3CCC(O)(Cn4cnc5c(ccn5C)c4=O)CC3)[C@H](c3ccccc3)C2)cn1. The Morgan fingerprint density at radius 1 is 1.00 bits per heavy atom. The summed E-state index contributed by atoms with van der Waals surface area (Å²) in [5.41, 5.74) is 2.85. The minimum Gasteiger partial charge on any atom is -0.388 e. The number of piperidine rings is 2. The Balaban J connectivity index is 1.06. The highest BCUT2D eigenvalue weighted by molar-refractivity contribution is 7.14. The highest BCUT2D eigenvalue weighted by Gasteiger charge is 2.42. The van der Waals surface area contributed by atoms with Gasteiger partial charge in [0.15, 0.2) is 0 Å². The van der Waals surface area contributed by atoms with Crippen LogP contribution in [0.1, 0.15) is 46.8 Å². The van der Waals surface area contributed by atoms with E-state index in [-0.39, 0.29) is 35.8 Å². The number of carbonyl (C=O) groups is 2. The maximum Gasteiger partial charge on any atom is 0.262 e. The molecule has 0 unspecified atom stereocenters. The van der Waals surface area contributed by atoms with E-state index in [0.29, 0.717) is 62.0 Å². The molecule has 2 amide bonds. The molecule has 1 aromatic carbocycles. The third-order valence-electron chi connectivity index (χ3n) is 9.84. The first-order valence-electron chi connectivity index (χ1n) is 16.1. The molecule has 7 rings (SSSR count). The van der Waals surface area contributed by atoms with Crippen LogP contribution < -0.4 is 5.56 Å². The first-order chi connectivity index (χ1) is 22.7. The monoisotopic (exact) mass is 650 g/mol. The minimum atomic E-state index is -1.12. The topological polar surface area (TPSA) is 114 Å². The lowest BCUT2D eigenvalue weighted by atomic mass is 9.79. The highest BCUT2D eigenvalue weighted by atomic mass is 32.1. The second-order valence-electron chi connectivity index (χ2n) is 12.9. The second-order valence-corrected chi connectivity index (χ2v) is 13.8. The van der Waals surface area contributed by atoms with Crippen molar-refractivity contribution >= 4 is 34.2 Å². The zero-order valence-corrected chi connectivity index (χ0v) is 27.4. The van der Waals surface area contributed by atoms with Crippen LogP contribution in [-0.2, 0) is 18.4 Å².